The molecular formula is C46H61N3O10S. The number of morpholine rings is 1. The Balaban J connectivity index is 1.29. The fourth-order valence-corrected chi connectivity index (χ4v) is 8.24. The van der Waals surface area contributed by atoms with E-state index < -0.39 is 45.6 Å². The number of aryl methyl sites for hydroxylation is 1. The van der Waals surface area contributed by atoms with E-state index in [9.17, 15) is 27.6 Å². The number of esters is 1. The van der Waals surface area contributed by atoms with Crippen molar-refractivity contribution < 1.29 is 46.0 Å². The van der Waals surface area contributed by atoms with E-state index in [0.717, 1.165) is 16.7 Å². The van der Waals surface area contributed by atoms with Gasteiger partial charge in [0.05, 0.1) is 30.8 Å². The summed E-state index contributed by atoms with van der Waals surface area (Å²) >= 11 is 0. The van der Waals surface area contributed by atoms with Gasteiger partial charge in [0.2, 0.25) is 11.8 Å². The minimum absolute atomic E-state index is 0.0578. The average Bonchev–Trinajstić information content (AvgIpc) is 3.65. The number of benzene rings is 3. The van der Waals surface area contributed by atoms with Gasteiger partial charge in [-0.3, -0.25) is 23.5 Å². The molecule has 3 aromatic carbocycles. The van der Waals surface area contributed by atoms with Gasteiger partial charge in [-0.2, -0.15) is 8.42 Å². The highest BCUT2D eigenvalue weighted by Crippen LogP contribution is 2.25. The Bertz CT molecular complexity index is 1980. The first-order valence-corrected chi connectivity index (χ1v) is 22.4. The first-order chi connectivity index (χ1) is 28.7. The Morgan fingerprint density at radius 3 is 2.28 bits per heavy atom. The summed E-state index contributed by atoms with van der Waals surface area (Å²) in [6.07, 6.45) is 2.25. The molecule has 60 heavy (non-hydrogen) atoms. The number of likely N-dealkylation sites (tertiary alicyclic amines) is 1. The highest BCUT2D eigenvalue weighted by Gasteiger charge is 2.36. The second-order valence-corrected chi connectivity index (χ2v) is 18.2. The number of rotatable bonds is 22. The molecule has 13 nitrogen and oxygen atoms in total. The number of amides is 2. The molecule has 2 aliphatic rings. The molecule has 2 saturated heterocycles. The summed E-state index contributed by atoms with van der Waals surface area (Å²) in [5, 5.41) is 2.91. The maximum atomic E-state index is 14.5. The number of ether oxygens (including phenoxy) is 3. The second-order valence-electron chi connectivity index (χ2n) is 16.6. The van der Waals surface area contributed by atoms with Crippen LogP contribution in [-0.2, 0) is 56.0 Å². The Kier molecular flexibility index (Phi) is 17.2. The van der Waals surface area contributed by atoms with Crippen molar-refractivity contribution >= 4 is 33.7 Å². The van der Waals surface area contributed by atoms with Crippen molar-refractivity contribution in [2.24, 2.45) is 5.92 Å². The maximum absolute atomic E-state index is 14.5. The molecule has 5 rings (SSSR count). The van der Waals surface area contributed by atoms with Crippen LogP contribution in [0.2, 0.25) is 0 Å². The van der Waals surface area contributed by atoms with Gasteiger partial charge in [-0.15, -0.1) is 0 Å². The molecule has 0 unspecified atom stereocenters. The highest BCUT2D eigenvalue weighted by molar-refractivity contribution is 7.86. The molecule has 0 aromatic heterocycles. The van der Waals surface area contributed by atoms with Crippen LogP contribution in [0.3, 0.4) is 0 Å². The molecule has 0 radical (unpaired) electrons. The normalized spacial score (nSPS) is 16.5. The lowest BCUT2D eigenvalue weighted by Crippen LogP contribution is -2.49. The molecule has 1 N–H and O–H groups in total. The summed E-state index contributed by atoms with van der Waals surface area (Å²) in [6, 6.07) is 21.9. The molecule has 0 aliphatic carbocycles. The summed E-state index contributed by atoms with van der Waals surface area (Å²) in [7, 11) is -3.96. The van der Waals surface area contributed by atoms with E-state index in [-0.39, 0.29) is 42.5 Å². The fourth-order valence-electron chi connectivity index (χ4n) is 7.29. The van der Waals surface area contributed by atoms with E-state index in [4.69, 9.17) is 18.4 Å². The van der Waals surface area contributed by atoms with E-state index in [1.165, 1.54) is 12.1 Å². The largest absolute Gasteiger partial charge is 0.489 e. The lowest BCUT2D eigenvalue weighted by atomic mass is 9.90. The monoisotopic (exact) mass is 847 g/mol. The van der Waals surface area contributed by atoms with Gasteiger partial charge >= 0.3 is 5.97 Å². The molecule has 14 heteroatoms. The summed E-state index contributed by atoms with van der Waals surface area (Å²) in [5.74, 6) is -1.59. The Labute approximate surface area is 355 Å². The molecule has 2 amide bonds. The standard InChI is InChI=1S/C46H61N3O10S/c1-34-18-20-39(21-19-34)60(54,55)58-27-9-8-16-40(45(53)59-46(2,3)4)47-44(52)37(22-24-48-25-28-56-29-26-48)32-42(50)41(49-23-11-17-43(49)51)31-36-14-10-15-38(30-36)57-33-35-12-6-5-7-13-35/h5-7,10,12-15,18-21,30,37,40-41H,8-9,11,16-17,22-29,31-33H2,1-4H3,(H,47,52)/t37-,40+,41+/m1/s1. The van der Waals surface area contributed by atoms with Crippen molar-refractivity contribution in [3.8, 4) is 5.75 Å². The van der Waals surface area contributed by atoms with E-state index in [1.807, 2.05) is 61.5 Å². The summed E-state index contributed by atoms with van der Waals surface area (Å²) in [5.41, 5.74) is 1.93. The van der Waals surface area contributed by atoms with Gasteiger partial charge in [-0.05, 0) is 102 Å². The summed E-state index contributed by atoms with van der Waals surface area (Å²) in [4.78, 5) is 59.4. The van der Waals surface area contributed by atoms with Gasteiger partial charge in [0.15, 0.2) is 5.78 Å². The van der Waals surface area contributed by atoms with Gasteiger partial charge < -0.3 is 24.4 Å². The van der Waals surface area contributed by atoms with Gasteiger partial charge in [-0.25, -0.2) is 4.79 Å². The number of Topliss-reactive ketones (excluding diaryl/α,β-unsaturated/α-hetero) is 1. The minimum atomic E-state index is -3.96. The molecule has 2 aliphatic heterocycles. The van der Waals surface area contributed by atoms with Crippen molar-refractivity contribution in [2.45, 2.75) is 108 Å². The van der Waals surface area contributed by atoms with Crippen LogP contribution in [0.5, 0.6) is 5.75 Å². The number of nitrogens with one attached hydrogen (secondary N) is 1. The lowest BCUT2D eigenvalue weighted by Gasteiger charge is -2.31. The van der Waals surface area contributed by atoms with Crippen molar-refractivity contribution in [2.75, 3.05) is 46.0 Å². The van der Waals surface area contributed by atoms with Crippen molar-refractivity contribution in [1.29, 1.82) is 0 Å². The summed E-state index contributed by atoms with van der Waals surface area (Å²) in [6.45, 7) is 10.8. The first kappa shape index (κ1) is 46.4. The second kappa shape index (κ2) is 22.3. The number of hydrogen-bond donors (Lipinski definition) is 1. The van der Waals surface area contributed by atoms with Crippen LogP contribution in [0.25, 0.3) is 0 Å². The summed E-state index contributed by atoms with van der Waals surface area (Å²) < 4.78 is 48.0. The number of unbranched alkanes of at least 4 members (excludes halogenated alkanes) is 1. The van der Waals surface area contributed by atoms with Crippen LogP contribution in [0, 0.1) is 12.8 Å². The maximum Gasteiger partial charge on any atom is 0.329 e. The Morgan fingerprint density at radius 1 is 0.883 bits per heavy atom. The molecule has 2 heterocycles. The third-order valence-corrected chi connectivity index (χ3v) is 11.9. The topological polar surface area (TPSA) is 158 Å². The predicted molar refractivity (Wildman–Crippen MR) is 227 cm³/mol. The van der Waals surface area contributed by atoms with Gasteiger partial charge in [0, 0.05) is 44.8 Å². The number of carbonyl (C=O) groups excluding carboxylic acids is 4. The van der Waals surface area contributed by atoms with Crippen molar-refractivity contribution in [3.63, 3.8) is 0 Å². The minimum Gasteiger partial charge on any atom is -0.489 e. The predicted octanol–water partition coefficient (Wildman–Crippen LogP) is 5.81. The van der Waals surface area contributed by atoms with E-state index in [0.29, 0.717) is 83.9 Å². The smallest absolute Gasteiger partial charge is 0.329 e. The van der Waals surface area contributed by atoms with Crippen LogP contribution < -0.4 is 10.1 Å². The SMILES string of the molecule is Cc1ccc(S(=O)(=O)OCCCC[C@H](NC(=O)[C@H](CCN2CCOCC2)CC(=O)[C@H](Cc2cccc(OCc3ccccc3)c2)N2CCCC2=O)C(=O)OC(C)(C)C)cc1. The Hall–Kier alpha value is -4.63. The van der Waals surface area contributed by atoms with Crippen molar-refractivity contribution in [3.05, 3.63) is 95.6 Å². The lowest BCUT2D eigenvalue weighted by molar-refractivity contribution is -0.159. The zero-order valence-electron chi connectivity index (χ0n) is 35.4. The third-order valence-electron chi connectivity index (χ3n) is 10.6. The molecule has 0 saturated carbocycles. The van der Waals surface area contributed by atoms with Crippen LogP contribution in [0.15, 0.2) is 83.8 Å². The molecule has 0 spiro atoms. The molecule has 3 aromatic rings. The third kappa shape index (κ3) is 14.8. The van der Waals surface area contributed by atoms with Crippen LogP contribution in [0.1, 0.15) is 82.4 Å². The van der Waals surface area contributed by atoms with Gasteiger partial charge in [0.25, 0.3) is 10.1 Å². The number of ketones is 1. The van der Waals surface area contributed by atoms with Crippen molar-refractivity contribution in [1.82, 2.24) is 15.1 Å². The van der Waals surface area contributed by atoms with E-state index in [2.05, 4.69) is 10.2 Å². The van der Waals surface area contributed by atoms with Crippen LogP contribution in [-0.4, -0.2) is 105 Å². The zero-order valence-corrected chi connectivity index (χ0v) is 36.3. The quantitative estimate of drug-likeness (QED) is 0.0740. The van der Waals surface area contributed by atoms with Crippen LogP contribution in [0.4, 0.5) is 0 Å². The van der Waals surface area contributed by atoms with Crippen LogP contribution >= 0.6 is 0 Å². The molecule has 0 bridgehead atoms. The van der Waals surface area contributed by atoms with Gasteiger partial charge in [0.1, 0.15) is 24.0 Å². The van der Waals surface area contributed by atoms with E-state index in [1.54, 1.807) is 37.8 Å². The highest BCUT2D eigenvalue weighted by atomic mass is 32.2. The zero-order chi connectivity index (χ0) is 43.1. The van der Waals surface area contributed by atoms with E-state index >= 15 is 0 Å². The number of nitrogens with zero attached hydrogens (tertiary/aromatic N) is 2. The average molecular weight is 848 g/mol. The molecular weight excluding hydrogens is 787 g/mol. The van der Waals surface area contributed by atoms with Gasteiger partial charge in [-0.1, -0.05) is 60.2 Å². The molecule has 326 valence electrons. The fraction of sp³-hybridized carbons (Fsp3) is 0.522. The number of hydrogen-bond acceptors (Lipinski definition) is 11. The molecule has 2 fully saturated rings. The number of carbonyl (C=O) groups is 4. The molecule has 3 atom stereocenters. The first-order valence-electron chi connectivity index (χ1n) is 21.0. The Morgan fingerprint density at radius 2 is 1.60 bits per heavy atom.